The summed E-state index contributed by atoms with van der Waals surface area (Å²) in [5.74, 6) is 0.638. The van der Waals surface area contributed by atoms with Crippen LogP contribution in [-0.4, -0.2) is 42.4 Å². The van der Waals surface area contributed by atoms with E-state index in [4.69, 9.17) is 4.74 Å². The maximum Gasteiger partial charge on any atom is 0.217 e. The van der Waals surface area contributed by atoms with Crippen molar-refractivity contribution in [3.63, 3.8) is 0 Å². The van der Waals surface area contributed by atoms with E-state index in [0.29, 0.717) is 30.8 Å². The molecule has 2 aliphatic heterocycles. The van der Waals surface area contributed by atoms with Crippen molar-refractivity contribution >= 4 is 15.8 Å². The minimum atomic E-state index is -3.29. The first-order chi connectivity index (χ1) is 11.5. The molecule has 2 heterocycles. The number of para-hydroxylation sites is 1. The Morgan fingerprint density at radius 2 is 1.88 bits per heavy atom. The van der Waals surface area contributed by atoms with Gasteiger partial charge in [-0.2, -0.15) is 4.31 Å². The Kier molecular flexibility index (Phi) is 3.92. The molecule has 3 aliphatic rings. The number of hydrogen-bond donors (Lipinski definition) is 0. The molecule has 0 bridgehead atoms. The highest BCUT2D eigenvalue weighted by Gasteiger charge is 2.49. The van der Waals surface area contributed by atoms with Crippen LogP contribution in [-0.2, 0) is 10.0 Å². The lowest BCUT2D eigenvalue weighted by atomic mass is 9.89. The number of carbonyl (C=O) groups is 1. The van der Waals surface area contributed by atoms with Crippen molar-refractivity contribution in [3.8, 4) is 5.75 Å². The SMILES string of the molecule is O=C1CC2(CCN(S(=O)(=O)C3CCCCC3)C2)Oc2ccccc21. The van der Waals surface area contributed by atoms with E-state index >= 15 is 0 Å². The molecule has 5 nitrogen and oxygen atoms in total. The number of fused-ring (bicyclic) bond motifs is 1. The van der Waals surface area contributed by atoms with Crippen molar-refractivity contribution in [2.75, 3.05) is 13.1 Å². The first-order valence-corrected chi connectivity index (χ1v) is 10.3. The van der Waals surface area contributed by atoms with Gasteiger partial charge in [0.2, 0.25) is 10.0 Å². The lowest BCUT2D eigenvalue weighted by molar-refractivity contribution is 0.0498. The second kappa shape index (κ2) is 5.85. The predicted molar refractivity (Wildman–Crippen MR) is 90.7 cm³/mol. The van der Waals surface area contributed by atoms with E-state index in [1.807, 2.05) is 12.1 Å². The topological polar surface area (TPSA) is 63.7 Å². The molecule has 1 saturated carbocycles. The molecule has 1 unspecified atom stereocenters. The molecule has 1 saturated heterocycles. The fourth-order valence-corrected chi connectivity index (χ4v) is 6.38. The van der Waals surface area contributed by atoms with Crippen molar-refractivity contribution in [1.82, 2.24) is 4.31 Å². The fourth-order valence-electron chi connectivity index (χ4n) is 4.27. The molecule has 130 valence electrons. The molecular formula is C18H23NO4S. The van der Waals surface area contributed by atoms with Crippen LogP contribution in [0.2, 0.25) is 0 Å². The van der Waals surface area contributed by atoms with Crippen LogP contribution in [0.5, 0.6) is 5.75 Å². The van der Waals surface area contributed by atoms with E-state index in [0.717, 1.165) is 32.1 Å². The van der Waals surface area contributed by atoms with E-state index in [-0.39, 0.29) is 17.5 Å². The van der Waals surface area contributed by atoms with Gasteiger partial charge in [-0.05, 0) is 25.0 Å². The van der Waals surface area contributed by atoms with E-state index in [2.05, 4.69) is 0 Å². The van der Waals surface area contributed by atoms with Gasteiger partial charge in [-0.25, -0.2) is 8.42 Å². The summed E-state index contributed by atoms with van der Waals surface area (Å²) in [6.45, 7) is 0.750. The predicted octanol–water partition coefficient (Wildman–Crippen LogP) is 2.76. The summed E-state index contributed by atoms with van der Waals surface area (Å²) in [5, 5.41) is -0.257. The zero-order valence-electron chi connectivity index (χ0n) is 13.7. The monoisotopic (exact) mass is 349 g/mol. The van der Waals surface area contributed by atoms with Crippen LogP contribution in [0.15, 0.2) is 24.3 Å². The van der Waals surface area contributed by atoms with Gasteiger partial charge in [-0.15, -0.1) is 0 Å². The van der Waals surface area contributed by atoms with Crippen molar-refractivity contribution in [2.24, 2.45) is 0 Å². The summed E-state index contributed by atoms with van der Waals surface area (Å²) in [4.78, 5) is 12.5. The Labute approximate surface area is 143 Å². The summed E-state index contributed by atoms with van der Waals surface area (Å²) >= 11 is 0. The number of carbonyl (C=O) groups excluding carboxylic acids is 1. The van der Waals surface area contributed by atoms with Gasteiger partial charge < -0.3 is 4.74 Å². The van der Waals surface area contributed by atoms with E-state index in [1.54, 1.807) is 16.4 Å². The van der Waals surface area contributed by atoms with E-state index in [9.17, 15) is 13.2 Å². The number of benzene rings is 1. The zero-order valence-corrected chi connectivity index (χ0v) is 14.6. The molecule has 0 N–H and O–H groups in total. The van der Waals surface area contributed by atoms with Gasteiger partial charge in [-0.3, -0.25) is 4.79 Å². The molecular weight excluding hydrogens is 326 g/mol. The zero-order chi connectivity index (χ0) is 16.8. The van der Waals surface area contributed by atoms with Crippen LogP contribution >= 0.6 is 0 Å². The smallest absolute Gasteiger partial charge is 0.217 e. The molecule has 0 radical (unpaired) electrons. The van der Waals surface area contributed by atoms with Gasteiger partial charge in [0.25, 0.3) is 0 Å². The van der Waals surface area contributed by atoms with Gasteiger partial charge in [0, 0.05) is 13.0 Å². The Morgan fingerprint density at radius 3 is 2.67 bits per heavy atom. The quantitative estimate of drug-likeness (QED) is 0.823. The number of ketones is 1. The standard InChI is InChI=1S/C18H23NO4S/c20-16-12-18(23-17-9-5-4-8-15(16)17)10-11-19(13-18)24(21,22)14-6-2-1-3-7-14/h4-5,8-9,14H,1-3,6-7,10-13H2. The van der Waals surface area contributed by atoms with Crippen molar-refractivity contribution < 1.29 is 17.9 Å². The molecule has 1 spiro atoms. The van der Waals surface area contributed by atoms with Gasteiger partial charge in [0.1, 0.15) is 11.4 Å². The molecule has 0 aromatic heterocycles. The molecule has 6 heteroatoms. The Morgan fingerprint density at radius 1 is 1.12 bits per heavy atom. The summed E-state index contributed by atoms with van der Waals surface area (Å²) in [5.41, 5.74) is -0.0793. The second-order valence-corrected chi connectivity index (χ2v) is 9.48. The third kappa shape index (κ3) is 2.65. The van der Waals surface area contributed by atoms with Crippen LogP contribution in [0, 0.1) is 0 Å². The largest absolute Gasteiger partial charge is 0.485 e. The normalized spacial score (nSPS) is 28.8. The van der Waals surface area contributed by atoms with Crippen LogP contribution < -0.4 is 4.74 Å². The maximum atomic E-state index is 12.9. The third-order valence-corrected chi connectivity index (χ3v) is 7.96. The minimum absolute atomic E-state index is 0.0498. The lowest BCUT2D eigenvalue weighted by Crippen LogP contribution is -2.46. The van der Waals surface area contributed by atoms with Crippen LogP contribution in [0.4, 0.5) is 0 Å². The highest BCUT2D eigenvalue weighted by Crippen LogP contribution is 2.40. The number of Topliss-reactive ketones (excluding diaryl/α,β-unsaturated/α-hetero) is 1. The fraction of sp³-hybridized carbons (Fsp3) is 0.611. The molecule has 1 aliphatic carbocycles. The first kappa shape index (κ1) is 16.1. The molecule has 1 aromatic rings. The lowest BCUT2D eigenvalue weighted by Gasteiger charge is -2.35. The molecule has 1 aromatic carbocycles. The van der Waals surface area contributed by atoms with Crippen molar-refractivity contribution in [1.29, 1.82) is 0 Å². The number of ether oxygens (including phenoxy) is 1. The highest BCUT2D eigenvalue weighted by molar-refractivity contribution is 7.89. The second-order valence-electron chi connectivity index (χ2n) is 7.27. The summed E-state index contributed by atoms with van der Waals surface area (Å²) in [6.07, 6.45) is 5.48. The first-order valence-electron chi connectivity index (χ1n) is 8.80. The van der Waals surface area contributed by atoms with Gasteiger partial charge >= 0.3 is 0 Å². The minimum Gasteiger partial charge on any atom is -0.485 e. The number of rotatable bonds is 2. The number of sulfonamides is 1. The molecule has 4 rings (SSSR count). The van der Waals surface area contributed by atoms with E-state index in [1.165, 1.54) is 0 Å². The Hall–Kier alpha value is -1.40. The van der Waals surface area contributed by atoms with E-state index < -0.39 is 15.6 Å². The maximum absolute atomic E-state index is 12.9. The Bertz CT molecular complexity index is 754. The van der Waals surface area contributed by atoms with Crippen molar-refractivity contribution in [2.45, 2.75) is 55.8 Å². The van der Waals surface area contributed by atoms with Crippen LogP contribution in [0.3, 0.4) is 0 Å². The van der Waals surface area contributed by atoms with Gasteiger partial charge in [0.15, 0.2) is 5.78 Å². The highest BCUT2D eigenvalue weighted by atomic mass is 32.2. The van der Waals surface area contributed by atoms with Crippen molar-refractivity contribution in [3.05, 3.63) is 29.8 Å². The average Bonchev–Trinajstić information content (AvgIpc) is 2.99. The molecule has 2 fully saturated rings. The average molecular weight is 349 g/mol. The molecule has 0 amide bonds. The number of nitrogens with zero attached hydrogens (tertiary/aromatic N) is 1. The molecule has 1 atom stereocenters. The third-order valence-electron chi connectivity index (χ3n) is 5.61. The van der Waals surface area contributed by atoms with Crippen LogP contribution in [0.25, 0.3) is 0 Å². The molecule has 24 heavy (non-hydrogen) atoms. The van der Waals surface area contributed by atoms with Gasteiger partial charge in [0.05, 0.1) is 23.8 Å². The summed E-state index contributed by atoms with van der Waals surface area (Å²) < 4.78 is 33.6. The Balaban J connectivity index is 1.55. The summed E-state index contributed by atoms with van der Waals surface area (Å²) in [6, 6.07) is 7.24. The van der Waals surface area contributed by atoms with Crippen LogP contribution in [0.1, 0.15) is 55.3 Å². The van der Waals surface area contributed by atoms with Gasteiger partial charge in [-0.1, -0.05) is 31.4 Å². The summed E-state index contributed by atoms with van der Waals surface area (Å²) in [7, 11) is -3.29. The number of hydrogen-bond acceptors (Lipinski definition) is 4.